The van der Waals surface area contributed by atoms with Crippen LogP contribution in [-0.4, -0.2) is 50.8 Å². The number of hydrogen-bond donors (Lipinski definition) is 0. The average molecular weight is 392 g/mol. The highest BCUT2D eigenvalue weighted by Crippen LogP contribution is 2.21. The molecule has 2 aromatic carbocycles. The minimum Gasteiger partial charge on any atom is -0.490 e. The van der Waals surface area contributed by atoms with E-state index in [1.54, 1.807) is 55.6 Å². The molecule has 0 spiro atoms. The van der Waals surface area contributed by atoms with E-state index in [1.165, 1.54) is 12.0 Å². The molecule has 1 amide bonds. The van der Waals surface area contributed by atoms with E-state index in [4.69, 9.17) is 25.8 Å². The second-order valence-electron chi connectivity index (χ2n) is 5.70. The monoisotopic (exact) mass is 391 g/mol. The number of esters is 1. The smallest absolute Gasteiger partial charge is 0.325 e. The topological polar surface area (TPSA) is 65.1 Å². The van der Waals surface area contributed by atoms with Crippen LogP contribution >= 0.6 is 11.6 Å². The molecule has 0 heterocycles. The molecule has 6 nitrogen and oxygen atoms in total. The lowest BCUT2D eigenvalue weighted by molar-refractivity contribution is -0.141. The highest BCUT2D eigenvalue weighted by atomic mass is 35.5. The van der Waals surface area contributed by atoms with Crippen molar-refractivity contribution in [3.05, 3.63) is 64.7 Å². The molecule has 0 bridgehead atoms. The van der Waals surface area contributed by atoms with Gasteiger partial charge in [0.25, 0.3) is 5.91 Å². The molecule has 0 radical (unpaired) electrons. The summed E-state index contributed by atoms with van der Waals surface area (Å²) in [6.07, 6.45) is 0. The Labute approximate surface area is 163 Å². The van der Waals surface area contributed by atoms with Crippen LogP contribution in [0.4, 0.5) is 0 Å². The number of nitrogens with zero attached hydrogens (tertiary/aromatic N) is 1. The molecule has 0 saturated heterocycles. The molecule has 0 N–H and O–H groups in total. The van der Waals surface area contributed by atoms with E-state index in [9.17, 15) is 9.59 Å². The van der Waals surface area contributed by atoms with Crippen LogP contribution in [0.15, 0.2) is 48.5 Å². The zero-order valence-corrected chi connectivity index (χ0v) is 16.1. The Morgan fingerprint density at radius 2 is 1.70 bits per heavy atom. The molecule has 0 saturated carbocycles. The molecule has 0 aromatic heterocycles. The number of carbonyl (C=O) groups excluding carboxylic acids is 2. The summed E-state index contributed by atoms with van der Waals surface area (Å²) in [5, 5.41) is 0.599. The van der Waals surface area contributed by atoms with Crippen molar-refractivity contribution in [2.45, 2.75) is 6.54 Å². The standard InChI is InChI=1S/C20H22ClNO5/c1-25-11-12-27-18-6-4-3-5-17(18)20(24)22(14-19(23)26-2)13-15-7-9-16(21)10-8-15/h3-10H,11-14H2,1-2H3. The number of rotatable bonds is 9. The first-order chi connectivity index (χ1) is 13.0. The second kappa shape index (κ2) is 10.5. The molecule has 0 fully saturated rings. The van der Waals surface area contributed by atoms with Gasteiger partial charge < -0.3 is 19.1 Å². The Balaban J connectivity index is 2.25. The van der Waals surface area contributed by atoms with E-state index >= 15 is 0 Å². The van der Waals surface area contributed by atoms with Gasteiger partial charge in [-0.05, 0) is 29.8 Å². The van der Waals surface area contributed by atoms with E-state index < -0.39 is 5.97 Å². The van der Waals surface area contributed by atoms with Crippen LogP contribution in [0.25, 0.3) is 0 Å². The molecule has 0 aliphatic carbocycles. The Morgan fingerprint density at radius 1 is 1.00 bits per heavy atom. The number of halogens is 1. The van der Waals surface area contributed by atoms with Gasteiger partial charge in [-0.3, -0.25) is 9.59 Å². The van der Waals surface area contributed by atoms with Gasteiger partial charge in [0, 0.05) is 18.7 Å². The summed E-state index contributed by atoms with van der Waals surface area (Å²) in [7, 11) is 2.86. The molecular formula is C20H22ClNO5. The number of para-hydroxylation sites is 1. The lowest BCUT2D eigenvalue weighted by Gasteiger charge is -2.23. The fraction of sp³-hybridized carbons (Fsp3) is 0.300. The van der Waals surface area contributed by atoms with Crippen molar-refractivity contribution >= 4 is 23.5 Å². The zero-order chi connectivity index (χ0) is 19.6. The summed E-state index contributed by atoms with van der Waals surface area (Å²) >= 11 is 5.91. The van der Waals surface area contributed by atoms with Crippen LogP contribution < -0.4 is 4.74 Å². The van der Waals surface area contributed by atoms with Crippen molar-refractivity contribution in [3.63, 3.8) is 0 Å². The van der Waals surface area contributed by atoms with Gasteiger partial charge in [-0.15, -0.1) is 0 Å². The highest BCUT2D eigenvalue weighted by molar-refractivity contribution is 6.30. The largest absolute Gasteiger partial charge is 0.490 e. The molecular weight excluding hydrogens is 370 g/mol. The number of amides is 1. The first kappa shape index (κ1) is 20.7. The molecule has 144 valence electrons. The van der Waals surface area contributed by atoms with Gasteiger partial charge in [0.1, 0.15) is 18.9 Å². The van der Waals surface area contributed by atoms with E-state index in [2.05, 4.69) is 0 Å². The van der Waals surface area contributed by atoms with Crippen molar-refractivity contribution in [3.8, 4) is 5.75 Å². The molecule has 0 atom stereocenters. The van der Waals surface area contributed by atoms with Crippen LogP contribution in [0.3, 0.4) is 0 Å². The molecule has 2 aromatic rings. The van der Waals surface area contributed by atoms with E-state index in [1.807, 2.05) is 0 Å². The van der Waals surface area contributed by atoms with Gasteiger partial charge in [-0.1, -0.05) is 35.9 Å². The minimum atomic E-state index is -0.505. The SMILES string of the molecule is COCCOc1ccccc1C(=O)N(CC(=O)OC)Cc1ccc(Cl)cc1. The predicted molar refractivity (Wildman–Crippen MR) is 102 cm³/mol. The first-order valence-corrected chi connectivity index (χ1v) is 8.74. The van der Waals surface area contributed by atoms with Crippen LogP contribution in [0.5, 0.6) is 5.75 Å². The van der Waals surface area contributed by atoms with Gasteiger partial charge in [0.05, 0.1) is 19.3 Å². The second-order valence-corrected chi connectivity index (χ2v) is 6.14. The number of carbonyl (C=O) groups is 2. The van der Waals surface area contributed by atoms with Crippen molar-refractivity contribution < 1.29 is 23.8 Å². The van der Waals surface area contributed by atoms with Crippen molar-refractivity contribution in [2.24, 2.45) is 0 Å². The molecule has 0 aliphatic rings. The Bertz CT molecular complexity index is 763. The Morgan fingerprint density at radius 3 is 2.37 bits per heavy atom. The maximum Gasteiger partial charge on any atom is 0.325 e. The van der Waals surface area contributed by atoms with Crippen molar-refractivity contribution in [1.82, 2.24) is 4.90 Å². The maximum absolute atomic E-state index is 13.1. The minimum absolute atomic E-state index is 0.176. The third-order valence-corrected chi connectivity index (χ3v) is 4.04. The number of hydrogen-bond acceptors (Lipinski definition) is 5. The van der Waals surface area contributed by atoms with Gasteiger partial charge in [0.15, 0.2) is 0 Å². The molecule has 0 aliphatic heterocycles. The van der Waals surface area contributed by atoms with Crippen molar-refractivity contribution in [1.29, 1.82) is 0 Å². The van der Waals surface area contributed by atoms with Gasteiger partial charge in [0.2, 0.25) is 0 Å². The number of methoxy groups -OCH3 is 2. The summed E-state index contributed by atoms with van der Waals surface area (Å²) < 4.78 is 15.3. The zero-order valence-electron chi connectivity index (χ0n) is 15.3. The van der Waals surface area contributed by atoms with E-state index in [-0.39, 0.29) is 19.0 Å². The van der Waals surface area contributed by atoms with Gasteiger partial charge >= 0.3 is 5.97 Å². The van der Waals surface area contributed by atoms with Gasteiger partial charge in [-0.25, -0.2) is 0 Å². The van der Waals surface area contributed by atoms with Crippen LogP contribution in [0.1, 0.15) is 15.9 Å². The summed E-state index contributed by atoms with van der Waals surface area (Å²) in [4.78, 5) is 26.3. The normalized spacial score (nSPS) is 10.3. The summed E-state index contributed by atoms with van der Waals surface area (Å²) in [6.45, 7) is 0.774. The first-order valence-electron chi connectivity index (χ1n) is 8.36. The molecule has 27 heavy (non-hydrogen) atoms. The summed E-state index contributed by atoms with van der Waals surface area (Å²) in [6, 6.07) is 14.0. The lowest BCUT2D eigenvalue weighted by atomic mass is 10.1. The summed E-state index contributed by atoms with van der Waals surface area (Å²) in [5.41, 5.74) is 1.21. The highest BCUT2D eigenvalue weighted by Gasteiger charge is 2.22. The molecule has 7 heteroatoms. The summed E-state index contributed by atoms with van der Waals surface area (Å²) in [5.74, 6) is -0.399. The maximum atomic E-state index is 13.1. The quantitative estimate of drug-likeness (QED) is 0.485. The fourth-order valence-electron chi connectivity index (χ4n) is 2.40. The van der Waals surface area contributed by atoms with Crippen LogP contribution in [0.2, 0.25) is 5.02 Å². The number of benzene rings is 2. The molecule has 2 rings (SSSR count). The van der Waals surface area contributed by atoms with E-state index in [0.29, 0.717) is 29.5 Å². The molecule has 0 unspecified atom stereocenters. The lowest BCUT2D eigenvalue weighted by Crippen LogP contribution is -2.36. The van der Waals surface area contributed by atoms with Gasteiger partial charge in [-0.2, -0.15) is 0 Å². The predicted octanol–water partition coefficient (Wildman–Crippen LogP) is 3.18. The van der Waals surface area contributed by atoms with Crippen LogP contribution in [0, 0.1) is 0 Å². The average Bonchev–Trinajstić information content (AvgIpc) is 2.69. The third kappa shape index (κ3) is 6.27. The van der Waals surface area contributed by atoms with Crippen LogP contribution in [-0.2, 0) is 20.8 Å². The third-order valence-electron chi connectivity index (χ3n) is 3.78. The fourth-order valence-corrected chi connectivity index (χ4v) is 2.53. The van der Waals surface area contributed by atoms with E-state index in [0.717, 1.165) is 5.56 Å². The van der Waals surface area contributed by atoms with Crippen molar-refractivity contribution in [2.75, 3.05) is 34.0 Å². The Hall–Kier alpha value is -2.57. The number of ether oxygens (including phenoxy) is 3. The Kier molecular flexibility index (Phi) is 8.10.